The minimum atomic E-state index is -0.313. The summed E-state index contributed by atoms with van der Waals surface area (Å²) in [5.41, 5.74) is 8.55. The maximum Gasteiger partial charge on any atom is 0.161 e. The van der Waals surface area contributed by atoms with Crippen LogP contribution in [0.1, 0.15) is 31.0 Å². The molecule has 0 aliphatic carbocycles. The highest BCUT2D eigenvalue weighted by atomic mass is 79.9. The van der Waals surface area contributed by atoms with Crippen molar-refractivity contribution in [2.24, 2.45) is 0 Å². The summed E-state index contributed by atoms with van der Waals surface area (Å²) >= 11 is 3.16. The number of aryl methyl sites for hydroxylation is 1. The summed E-state index contributed by atoms with van der Waals surface area (Å²) in [5.74, 6) is 0.958. The number of nitrogens with two attached hydrogens (primary N) is 1. The Morgan fingerprint density at radius 2 is 1.95 bits per heavy atom. The second-order valence-electron chi connectivity index (χ2n) is 4.72. The van der Waals surface area contributed by atoms with Crippen LogP contribution in [-0.4, -0.2) is 9.97 Å². The summed E-state index contributed by atoms with van der Waals surface area (Å²) in [6, 6.07) is 4.67. The second-order valence-corrected chi connectivity index (χ2v) is 5.57. The fourth-order valence-electron chi connectivity index (χ4n) is 2.08. The van der Waals surface area contributed by atoms with Gasteiger partial charge >= 0.3 is 0 Å². The van der Waals surface area contributed by atoms with Crippen molar-refractivity contribution in [2.45, 2.75) is 26.7 Å². The third-order valence-electron chi connectivity index (χ3n) is 2.92. The molecule has 0 fully saturated rings. The van der Waals surface area contributed by atoms with Crippen LogP contribution in [0.15, 0.2) is 22.7 Å². The molecule has 0 amide bonds. The Morgan fingerprint density at radius 3 is 2.47 bits per heavy atom. The van der Waals surface area contributed by atoms with Crippen LogP contribution in [0.2, 0.25) is 0 Å². The van der Waals surface area contributed by atoms with Crippen LogP contribution in [0.3, 0.4) is 0 Å². The van der Waals surface area contributed by atoms with Gasteiger partial charge in [0.1, 0.15) is 11.6 Å². The molecule has 0 saturated heterocycles. The topological polar surface area (TPSA) is 51.8 Å². The number of nitrogen functional groups attached to an aromatic ring is 1. The van der Waals surface area contributed by atoms with Gasteiger partial charge in [0.15, 0.2) is 5.82 Å². The van der Waals surface area contributed by atoms with E-state index in [1.165, 1.54) is 6.07 Å². The highest BCUT2D eigenvalue weighted by Crippen LogP contribution is 2.28. The number of hydrogen-bond donors (Lipinski definition) is 1. The van der Waals surface area contributed by atoms with Crippen LogP contribution in [0.5, 0.6) is 0 Å². The van der Waals surface area contributed by atoms with Crippen molar-refractivity contribution in [3.63, 3.8) is 0 Å². The van der Waals surface area contributed by atoms with Crippen LogP contribution >= 0.6 is 15.9 Å². The average molecular weight is 324 g/mol. The van der Waals surface area contributed by atoms with Gasteiger partial charge in [0.2, 0.25) is 0 Å². The normalized spacial score (nSPS) is 11.1. The number of anilines is 1. The molecule has 0 unspecified atom stereocenters. The SMILES string of the molecule is Cc1nc(-c2ccc(F)c(Br)c2)nc(N)c1C(C)C. The zero-order valence-corrected chi connectivity index (χ0v) is 12.6. The molecule has 1 aromatic heterocycles. The highest BCUT2D eigenvalue weighted by Gasteiger charge is 2.14. The second kappa shape index (κ2) is 5.25. The Balaban J connectivity index is 2.55. The minimum absolute atomic E-state index is 0.272. The molecule has 19 heavy (non-hydrogen) atoms. The zero-order valence-electron chi connectivity index (χ0n) is 11.0. The van der Waals surface area contributed by atoms with E-state index in [-0.39, 0.29) is 11.7 Å². The highest BCUT2D eigenvalue weighted by molar-refractivity contribution is 9.10. The number of aromatic nitrogens is 2. The first-order valence-corrected chi connectivity index (χ1v) is 6.79. The van der Waals surface area contributed by atoms with E-state index in [0.29, 0.717) is 16.1 Å². The van der Waals surface area contributed by atoms with E-state index in [2.05, 4.69) is 39.7 Å². The summed E-state index contributed by atoms with van der Waals surface area (Å²) in [6.07, 6.45) is 0. The summed E-state index contributed by atoms with van der Waals surface area (Å²) in [5, 5.41) is 0. The standard InChI is InChI=1S/C14H15BrFN3/c1-7(2)12-8(3)18-14(19-13(12)17)9-4-5-11(16)10(15)6-9/h4-7H,1-3H3,(H2,17,18,19). The first-order valence-electron chi connectivity index (χ1n) is 5.99. The fraction of sp³-hybridized carbons (Fsp3) is 0.286. The van der Waals surface area contributed by atoms with E-state index < -0.39 is 0 Å². The Hall–Kier alpha value is -1.49. The number of nitrogens with zero attached hydrogens (tertiary/aromatic N) is 2. The molecule has 0 spiro atoms. The van der Waals surface area contributed by atoms with Gasteiger partial charge in [-0.1, -0.05) is 13.8 Å². The maximum absolute atomic E-state index is 13.2. The number of benzene rings is 1. The summed E-state index contributed by atoms with van der Waals surface area (Å²) in [7, 11) is 0. The van der Waals surface area contributed by atoms with Gasteiger partial charge in [0, 0.05) is 16.8 Å². The molecule has 0 bridgehead atoms. The Labute approximate surface area is 120 Å². The first kappa shape index (κ1) is 13.9. The van der Waals surface area contributed by atoms with Gasteiger partial charge in [-0.2, -0.15) is 0 Å². The quantitative estimate of drug-likeness (QED) is 0.906. The Morgan fingerprint density at radius 1 is 1.26 bits per heavy atom. The smallest absolute Gasteiger partial charge is 0.161 e. The molecule has 0 aliphatic heterocycles. The molecule has 3 nitrogen and oxygen atoms in total. The monoisotopic (exact) mass is 323 g/mol. The third kappa shape index (κ3) is 2.76. The van der Waals surface area contributed by atoms with Crippen LogP contribution in [0.25, 0.3) is 11.4 Å². The lowest BCUT2D eigenvalue weighted by Gasteiger charge is -2.13. The molecule has 0 radical (unpaired) electrons. The predicted octanol–water partition coefficient (Wildman–Crippen LogP) is 4.06. The molecule has 100 valence electrons. The van der Waals surface area contributed by atoms with Gasteiger partial charge in [-0.05, 0) is 47.0 Å². The number of halogens is 2. The molecule has 2 rings (SSSR count). The first-order chi connectivity index (χ1) is 8.90. The molecular weight excluding hydrogens is 309 g/mol. The van der Waals surface area contributed by atoms with Gasteiger partial charge in [-0.25, -0.2) is 14.4 Å². The van der Waals surface area contributed by atoms with Crippen molar-refractivity contribution in [3.8, 4) is 11.4 Å². The fourth-order valence-corrected chi connectivity index (χ4v) is 2.46. The van der Waals surface area contributed by atoms with E-state index in [1.807, 2.05) is 6.92 Å². The van der Waals surface area contributed by atoms with Crippen molar-refractivity contribution < 1.29 is 4.39 Å². The molecule has 1 aromatic carbocycles. The van der Waals surface area contributed by atoms with Crippen molar-refractivity contribution in [1.82, 2.24) is 9.97 Å². The molecule has 5 heteroatoms. The lowest BCUT2D eigenvalue weighted by atomic mass is 10.0. The van der Waals surface area contributed by atoms with E-state index >= 15 is 0 Å². The van der Waals surface area contributed by atoms with Gasteiger partial charge in [0.05, 0.1) is 4.47 Å². The Kier molecular flexibility index (Phi) is 3.85. The maximum atomic E-state index is 13.2. The number of hydrogen-bond acceptors (Lipinski definition) is 3. The van der Waals surface area contributed by atoms with Crippen molar-refractivity contribution in [2.75, 3.05) is 5.73 Å². The molecule has 1 heterocycles. The lowest BCUT2D eigenvalue weighted by Crippen LogP contribution is -2.06. The van der Waals surface area contributed by atoms with Crippen LogP contribution in [0.4, 0.5) is 10.2 Å². The summed E-state index contributed by atoms with van der Waals surface area (Å²) < 4.78 is 13.6. The largest absolute Gasteiger partial charge is 0.383 e. The number of rotatable bonds is 2. The van der Waals surface area contributed by atoms with Crippen LogP contribution < -0.4 is 5.73 Å². The summed E-state index contributed by atoms with van der Waals surface area (Å²) in [4.78, 5) is 8.78. The molecule has 2 N–H and O–H groups in total. The zero-order chi connectivity index (χ0) is 14.2. The van der Waals surface area contributed by atoms with Gasteiger partial charge < -0.3 is 5.73 Å². The van der Waals surface area contributed by atoms with E-state index in [0.717, 1.165) is 16.8 Å². The van der Waals surface area contributed by atoms with Crippen molar-refractivity contribution in [3.05, 3.63) is 39.7 Å². The predicted molar refractivity (Wildman–Crippen MR) is 78.4 cm³/mol. The van der Waals surface area contributed by atoms with E-state index in [4.69, 9.17) is 5.73 Å². The van der Waals surface area contributed by atoms with Crippen molar-refractivity contribution >= 4 is 21.7 Å². The van der Waals surface area contributed by atoms with Gasteiger partial charge in [-0.3, -0.25) is 0 Å². The third-order valence-corrected chi connectivity index (χ3v) is 3.53. The van der Waals surface area contributed by atoms with E-state index in [1.54, 1.807) is 12.1 Å². The lowest BCUT2D eigenvalue weighted by molar-refractivity contribution is 0.621. The van der Waals surface area contributed by atoms with E-state index in [9.17, 15) is 4.39 Å². The van der Waals surface area contributed by atoms with Crippen LogP contribution in [0, 0.1) is 12.7 Å². The van der Waals surface area contributed by atoms with Crippen molar-refractivity contribution in [1.29, 1.82) is 0 Å². The molecule has 0 aliphatic rings. The summed E-state index contributed by atoms with van der Waals surface area (Å²) in [6.45, 7) is 6.02. The van der Waals surface area contributed by atoms with Crippen LogP contribution in [-0.2, 0) is 0 Å². The molecule has 2 aromatic rings. The molecular formula is C14H15BrFN3. The van der Waals surface area contributed by atoms with Gasteiger partial charge in [0.25, 0.3) is 0 Å². The molecule has 0 atom stereocenters. The molecule has 0 saturated carbocycles. The Bertz CT molecular complexity index is 603. The average Bonchev–Trinajstić information content (AvgIpc) is 2.31. The van der Waals surface area contributed by atoms with Gasteiger partial charge in [-0.15, -0.1) is 0 Å². The minimum Gasteiger partial charge on any atom is -0.383 e.